The third-order valence-corrected chi connectivity index (χ3v) is 5.42. The van der Waals surface area contributed by atoms with Crippen molar-refractivity contribution in [1.82, 2.24) is 4.90 Å². The van der Waals surface area contributed by atoms with E-state index in [1.165, 1.54) is 0 Å². The normalized spacial score (nSPS) is 31.0. The summed E-state index contributed by atoms with van der Waals surface area (Å²) in [5.41, 5.74) is 0.676. The van der Waals surface area contributed by atoms with Gasteiger partial charge in [0.25, 0.3) is 0 Å². The van der Waals surface area contributed by atoms with E-state index < -0.39 is 9.52 Å². The second-order valence-corrected chi connectivity index (χ2v) is 8.29. The van der Waals surface area contributed by atoms with Crippen LogP contribution in [0.15, 0.2) is 0 Å². The van der Waals surface area contributed by atoms with Crippen molar-refractivity contribution in [1.29, 1.82) is 0 Å². The van der Waals surface area contributed by atoms with Gasteiger partial charge in [0.1, 0.15) is 0 Å². The third-order valence-electron chi connectivity index (χ3n) is 3.14. The third kappa shape index (κ3) is 1.52. The molecule has 0 aliphatic carbocycles. The van der Waals surface area contributed by atoms with E-state index in [1.54, 1.807) is 0 Å². The van der Waals surface area contributed by atoms with Crippen LogP contribution in [-0.4, -0.2) is 45.1 Å². The van der Waals surface area contributed by atoms with Gasteiger partial charge < -0.3 is 0 Å². The predicted octanol–water partition coefficient (Wildman–Crippen LogP) is 0.817. The first-order valence-corrected chi connectivity index (χ1v) is 6.87. The fourth-order valence-corrected chi connectivity index (χ4v) is 5.01. The minimum Gasteiger partial charge on any atom is -0.297 e. The van der Waals surface area contributed by atoms with Gasteiger partial charge in [-0.2, -0.15) is 0 Å². The van der Waals surface area contributed by atoms with E-state index in [0.717, 1.165) is 24.6 Å². The monoisotopic (exact) mass is 201 g/mol. The van der Waals surface area contributed by atoms with Crippen molar-refractivity contribution < 1.29 is 4.21 Å². The van der Waals surface area contributed by atoms with Gasteiger partial charge in [0, 0.05) is 35.5 Å². The first kappa shape index (κ1) is 9.53. The molecule has 3 heteroatoms. The molecule has 13 heavy (non-hydrogen) atoms. The number of rotatable bonds is 0. The summed E-state index contributed by atoms with van der Waals surface area (Å²) in [6.45, 7) is 8.96. The summed E-state index contributed by atoms with van der Waals surface area (Å²) in [5, 5.41) is 0. The Kier molecular flexibility index (Phi) is 1.70. The highest BCUT2D eigenvalue weighted by molar-refractivity contribution is 8.01. The smallest absolute Gasteiger partial charge is 0.0249 e. The van der Waals surface area contributed by atoms with Gasteiger partial charge in [0.2, 0.25) is 0 Å². The fourth-order valence-electron chi connectivity index (χ4n) is 2.49. The van der Waals surface area contributed by atoms with E-state index in [-0.39, 0.29) is 5.54 Å². The van der Waals surface area contributed by atoms with Gasteiger partial charge in [-0.1, -0.05) is 0 Å². The minimum atomic E-state index is -1.65. The molecule has 0 aromatic rings. The predicted molar refractivity (Wildman–Crippen MR) is 58.8 cm³/mol. The summed E-state index contributed by atoms with van der Waals surface area (Å²) < 4.78 is 11.5. The molecule has 0 amide bonds. The molecule has 0 bridgehead atoms. The number of hydrogen-bond acceptors (Lipinski definition) is 2. The Labute approximate surface area is 81.3 Å². The number of likely N-dealkylation sites (tertiary alicyclic amines) is 1. The molecule has 0 unspecified atom stereocenters. The average molecular weight is 201 g/mol. The molecule has 0 aromatic carbocycles. The van der Waals surface area contributed by atoms with Gasteiger partial charge in [0.15, 0.2) is 0 Å². The first-order valence-electron chi connectivity index (χ1n) is 4.80. The first-order chi connectivity index (χ1) is 5.73. The van der Waals surface area contributed by atoms with Crippen LogP contribution in [-0.2, 0) is 9.52 Å². The summed E-state index contributed by atoms with van der Waals surface area (Å²) >= 11 is 0. The van der Waals surface area contributed by atoms with Crippen LogP contribution in [0.25, 0.3) is 0 Å². The lowest BCUT2D eigenvalue weighted by Gasteiger charge is -2.60. The van der Waals surface area contributed by atoms with Gasteiger partial charge in [-0.3, -0.25) is 9.11 Å². The van der Waals surface area contributed by atoms with Gasteiger partial charge in [-0.15, -0.1) is 0 Å². The van der Waals surface area contributed by atoms with Gasteiger partial charge in [0.05, 0.1) is 0 Å². The van der Waals surface area contributed by atoms with E-state index in [0.29, 0.717) is 5.41 Å². The van der Waals surface area contributed by atoms with Gasteiger partial charge in [-0.25, -0.2) is 0 Å². The molecule has 0 radical (unpaired) electrons. The molecule has 2 fully saturated rings. The number of hydrogen-bond donors (Lipinski definition) is 0. The Morgan fingerprint density at radius 1 is 1.31 bits per heavy atom. The van der Waals surface area contributed by atoms with Crippen molar-refractivity contribution in [2.45, 2.75) is 26.3 Å². The van der Waals surface area contributed by atoms with Crippen molar-refractivity contribution in [3.63, 3.8) is 0 Å². The minimum absolute atomic E-state index is 0.281. The van der Waals surface area contributed by atoms with E-state index in [9.17, 15) is 4.21 Å². The van der Waals surface area contributed by atoms with Crippen LogP contribution in [0.5, 0.6) is 0 Å². The van der Waals surface area contributed by atoms with Crippen LogP contribution in [0.3, 0.4) is 0 Å². The quantitative estimate of drug-likeness (QED) is 0.541. The van der Waals surface area contributed by atoms with Crippen molar-refractivity contribution >= 4 is 15.4 Å². The highest BCUT2D eigenvalue weighted by Crippen LogP contribution is 2.44. The van der Waals surface area contributed by atoms with E-state index in [4.69, 9.17) is 0 Å². The Balaban J connectivity index is 1.94. The molecule has 2 nitrogen and oxygen atoms in total. The molecule has 0 N–H and O–H groups in total. The van der Waals surface area contributed by atoms with Crippen molar-refractivity contribution in [2.75, 3.05) is 24.6 Å². The Hall–Kier alpha value is -0.0200. The lowest BCUT2D eigenvalue weighted by Crippen LogP contribution is -2.71. The Morgan fingerprint density at radius 2 is 1.77 bits per heavy atom. The fraction of sp³-hybridized carbons (Fsp3) is 0.900. The highest BCUT2D eigenvalue weighted by atomic mass is 32.2. The average Bonchev–Trinajstić information content (AvgIpc) is 1.72. The zero-order valence-electron chi connectivity index (χ0n) is 8.80. The van der Waals surface area contributed by atoms with Gasteiger partial charge >= 0.3 is 0 Å². The van der Waals surface area contributed by atoms with Crippen molar-refractivity contribution in [3.05, 3.63) is 0 Å². The highest BCUT2D eigenvalue weighted by Gasteiger charge is 2.54. The van der Waals surface area contributed by atoms with E-state index >= 15 is 0 Å². The molecule has 1 spiro atoms. The van der Waals surface area contributed by atoms with Crippen LogP contribution in [0.2, 0.25) is 0 Å². The summed E-state index contributed by atoms with van der Waals surface area (Å²) in [4.78, 5) is 2.46. The van der Waals surface area contributed by atoms with Crippen LogP contribution in [0.4, 0.5) is 0 Å². The summed E-state index contributed by atoms with van der Waals surface area (Å²) in [5.74, 6) is 5.48. The lowest BCUT2D eigenvalue weighted by atomic mass is 9.79. The van der Waals surface area contributed by atoms with E-state index in [1.807, 2.05) is 0 Å². The lowest BCUT2D eigenvalue weighted by molar-refractivity contribution is -0.0393. The molecule has 2 heterocycles. The second kappa shape index (κ2) is 2.31. The largest absolute Gasteiger partial charge is 0.297 e. The molecule has 76 valence electrons. The zero-order valence-corrected chi connectivity index (χ0v) is 9.62. The maximum atomic E-state index is 11.5. The molecular weight excluding hydrogens is 182 g/mol. The van der Waals surface area contributed by atoms with Crippen molar-refractivity contribution in [2.24, 2.45) is 5.41 Å². The number of nitrogens with zero attached hydrogens (tertiary/aromatic N) is 1. The van der Waals surface area contributed by atoms with Crippen LogP contribution in [0, 0.1) is 5.41 Å². The van der Waals surface area contributed by atoms with Crippen LogP contribution < -0.4 is 0 Å². The SMILES string of the molecule is C=S1(=O)CC2(CN(C(C)(C)C)C2)C1. The molecule has 0 saturated carbocycles. The van der Waals surface area contributed by atoms with Gasteiger partial charge in [-0.05, 0) is 36.2 Å². The van der Waals surface area contributed by atoms with Crippen LogP contribution >= 0.6 is 0 Å². The summed E-state index contributed by atoms with van der Waals surface area (Å²) in [6.07, 6.45) is 0. The summed E-state index contributed by atoms with van der Waals surface area (Å²) in [7, 11) is -1.65. The topological polar surface area (TPSA) is 20.3 Å². The maximum absolute atomic E-state index is 11.5. The molecule has 2 rings (SSSR count). The standard InChI is InChI=1S/C10H19NOS/c1-9(2,3)11-5-10(6-11)7-13(4,12)8-10/h4-8H2,1-3H3. The summed E-state index contributed by atoms with van der Waals surface area (Å²) in [6, 6.07) is 0. The zero-order chi connectivity index (χ0) is 9.91. The Morgan fingerprint density at radius 3 is 2.08 bits per heavy atom. The molecule has 0 aromatic heterocycles. The van der Waals surface area contributed by atoms with Crippen molar-refractivity contribution in [3.8, 4) is 0 Å². The second-order valence-electron chi connectivity index (χ2n) is 5.78. The molecule has 0 atom stereocenters. The molecule has 2 aliphatic heterocycles. The van der Waals surface area contributed by atoms with E-state index in [2.05, 4.69) is 31.5 Å². The molecule has 2 aliphatic rings. The molecule has 2 saturated heterocycles. The molecular formula is C10H19NOS. The Bertz CT molecular complexity index is 303. The van der Waals surface area contributed by atoms with Crippen LogP contribution in [0.1, 0.15) is 20.8 Å². The maximum Gasteiger partial charge on any atom is 0.0249 e.